The van der Waals surface area contributed by atoms with Crippen LogP contribution in [0, 0.1) is 11.3 Å². The molecule has 0 N–H and O–H groups in total. The van der Waals surface area contributed by atoms with Gasteiger partial charge in [-0.1, -0.05) is 19.1 Å². The molecule has 0 bridgehead atoms. The first kappa shape index (κ1) is 8.48. The fraction of sp³-hybridized carbons (Fsp3) is 0.200. The van der Waals surface area contributed by atoms with Gasteiger partial charge in [-0.2, -0.15) is 5.26 Å². The van der Waals surface area contributed by atoms with Gasteiger partial charge in [0, 0.05) is 5.56 Å². The Labute approximate surface area is 71.4 Å². The second-order valence-corrected chi connectivity index (χ2v) is 2.50. The quantitative estimate of drug-likeness (QED) is 0.618. The number of carbonyl (C=O) groups excluding carboxylic acids is 1. The summed E-state index contributed by atoms with van der Waals surface area (Å²) in [5, 5.41) is 8.66. The molecule has 0 aromatic heterocycles. The molecule has 0 unspecified atom stereocenters. The molecule has 2 nitrogen and oxygen atoms in total. The minimum Gasteiger partial charge on any atom is -0.298 e. The summed E-state index contributed by atoms with van der Waals surface area (Å²) in [5.41, 5.74) is 2.01. The lowest BCUT2D eigenvalue weighted by molar-refractivity contribution is 0.112. The summed E-state index contributed by atoms with van der Waals surface area (Å²) in [6.07, 6.45) is 1.59. The van der Waals surface area contributed by atoms with Crippen molar-refractivity contribution < 1.29 is 4.79 Å². The summed E-state index contributed by atoms with van der Waals surface area (Å²) in [6.45, 7) is 2.01. The van der Waals surface area contributed by atoms with E-state index < -0.39 is 0 Å². The molecule has 12 heavy (non-hydrogen) atoms. The highest BCUT2D eigenvalue weighted by Gasteiger charge is 2.00. The predicted molar refractivity (Wildman–Crippen MR) is 45.9 cm³/mol. The first-order valence-corrected chi connectivity index (χ1v) is 3.80. The summed E-state index contributed by atoms with van der Waals surface area (Å²) in [7, 11) is 0. The van der Waals surface area contributed by atoms with Crippen molar-refractivity contribution in [1.29, 1.82) is 5.26 Å². The molecule has 0 amide bonds. The SMILES string of the molecule is CCc1ccc(C=O)c(C#N)c1. The molecule has 0 fully saturated rings. The zero-order chi connectivity index (χ0) is 8.97. The highest BCUT2D eigenvalue weighted by molar-refractivity contribution is 5.79. The monoisotopic (exact) mass is 159 g/mol. The van der Waals surface area contributed by atoms with Crippen LogP contribution in [0.15, 0.2) is 18.2 Å². The first-order chi connectivity index (χ1) is 5.81. The van der Waals surface area contributed by atoms with Crippen LogP contribution in [0.3, 0.4) is 0 Å². The average molecular weight is 159 g/mol. The normalized spacial score (nSPS) is 9.00. The van der Waals surface area contributed by atoms with Crippen molar-refractivity contribution in [2.75, 3.05) is 0 Å². The number of hydrogen-bond acceptors (Lipinski definition) is 2. The molecule has 0 saturated carbocycles. The molecule has 0 aliphatic rings. The zero-order valence-electron chi connectivity index (χ0n) is 6.87. The number of aldehydes is 1. The van der Waals surface area contributed by atoms with Crippen LogP contribution in [0.4, 0.5) is 0 Å². The molecule has 0 heterocycles. The van der Waals surface area contributed by atoms with Crippen LogP contribution < -0.4 is 0 Å². The second kappa shape index (κ2) is 3.68. The van der Waals surface area contributed by atoms with E-state index in [1.165, 1.54) is 0 Å². The van der Waals surface area contributed by atoms with E-state index in [2.05, 4.69) is 0 Å². The van der Waals surface area contributed by atoms with Crippen molar-refractivity contribution in [3.05, 3.63) is 34.9 Å². The lowest BCUT2D eigenvalue weighted by Crippen LogP contribution is -1.89. The van der Waals surface area contributed by atoms with Crippen molar-refractivity contribution in [3.63, 3.8) is 0 Å². The standard InChI is InChI=1S/C10H9NO/c1-2-8-3-4-9(7-12)10(5-8)6-11/h3-5,7H,2H2,1H3. The Morgan fingerprint density at radius 3 is 2.83 bits per heavy atom. The Kier molecular flexibility index (Phi) is 2.60. The molecule has 2 heteroatoms. The summed E-state index contributed by atoms with van der Waals surface area (Å²) < 4.78 is 0. The summed E-state index contributed by atoms with van der Waals surface area (Å²) in [6, 6.07) is 7.29. The molecule has 1 aromatic carbocycles. The fourth-order valence-electron chi connectivity index (χ4n) is 1.02. The molecule has 60 valence electrons. The van der Waals surface area contributed by atoms with Gasteiger partial charge < -0.3 is 0 Å². The molecule has 1 aromatic rings. The van der Waals surface area contributed by atoms with Crippen LogP contribution >= 0.6 is 0 Å². The molecule has 0 atom stereocenters. The zero-order valence-corrected chi connectivity index (χ0v) is 6.87. The third-order valence-electron chi connectivity index (χ3n) is 1.77. The Morgan fingerprint density at radius 2 is 2.33 bits per heavy atom. The number of aryl methyl sites for hydroxylation is 1. The van der Waals surface area contributed by atoms with E-state index in [0.29, 0.717) is 17.4 Å². The van der Waals surface area contributed by atoms with Gasteiger partial charge in [-0.05, 0) is 18.1 Å². The maximum atomic E-state index is 10.4. The lowest BCUT2D eigenvalue weighted by Gasteiger charge is -1.98. The van der Waals surface area contributed by atoms with Crippen molar-refractivity contribution in [3.8, 4) is 6.07 Å². The Balaban J connectivity index is 3.22. The van der Waals surface area contributed by atoms with Gasteiger partial charge >= 0.3 is 0 Å². The first-order valence-electron chi connectivity index (χ1n) is 3.80. The van der Waals surface area contributed by atoms with Crippen LogP contribution in [0.1, 0.15) is 28.4 Å². The van der Waals surface area contributed by atoms with Crippen LogP contribution in [0.2, 0.25) is 0 Å². The Bertz CT molecular complexity index is 336. The number of benzene rings is 1. The minimum absolute atomic E-state index is 0.462. The lowest BCUT2D eigenvalue weighted by atomic mass is 10.0. The number of hydrogen-bond donors (Lipinski definition) is 0. The minimum atomic E-state index is 0.462. The largest absolute Gasteiger partial charge is 0.298 e. The van der Waals surface area contributed by atoms with Crippen LogP contribution in [0.5, 0.6) is 0 Å². The number of nitrogens with zero attached hydrogens (tertiary/aromatic N) is 1. The van der Waals surface area contributed by atoms with Gasteiger partial charge in [-0.3, -0.25) is 4.79 Å². The van der Waals surface area contributed by atoms with E-state index >= 15 is 0 Å². The Morgan fingerprint density at radius 1 is 1.58 bits per heavy atom. The smallest absolute Gasteiger partial charge is 0.151 e. The third kappa shape index (κ3) is 1.51. The van der Waals surface area contributed by atoms with Crippen LogP contribution in [0.25, 0.3) is 0 Å². The van der Waals surface area contributed by atoms with Gasteiger partial charge in [0.2, 0.25) is 0 Å². The number of carbonyl (C=O) groups is 1. The van der Waals surface area contributed by atoms with Crippen molar-refractivity contribution >= 4 is 6.29 Å². The average Bonchev–Trinajstić information content (AvgIpc) is 2.16. The number of rotatable bonds is 2. The van der Waals surface area contributed by atoms with E-state index in [1.807, 2.05) is 19.1 Å². The number of nitriles is 1. The van der Waals surface area contributed by atoms with E-state index in [1.54, 1.807) is 12.1 Å². The van der Waals surface area contributed by atoms with Gasteiger partial charge in [0.1, 0.15) is 0 Å². The van der Waals surface area contributed by atoms with E-state index in [-0.39, 0.29) is 0 Å². The molecule has 0 spiro atoms. The highest BCUT2D eigenvalue weighted by Crippen LogP contribution is 2.09. The van der Waals surface area contributed by atoms with E-state index in [0.717, 1.165) is 12.0 Å². The fourth-order valence-corrected chi connectivity index (χ4v) is 1.02. The molecule has 0 saturated heterocycles. The predicted octanol–water partition coefficient (Wildman–Crippen LogP) is 1.93. The van der Waals surface area contributed by atoms with Crippen LogP contribution in [-0.4, -0.2) is 6.29 Å². The summed E-state index contributed by atoms with van der Waals surface area (Å²) in [4.78, 5) is 10.4. The van der Waals surface area contributed by atoms with Crippen molar-refractivity contribution in [2.24, 2.45) is 0 Å². The Hall–Kier alpha value is -1.62. The van der Waals surface area contributed by atoms with Gasteiger partial charge in [-0.25, -0.2) is 0 Å². The van der Waals surface area contributed by atoms with Crippen molar-refractivity contribution in [1.82, 2.24) is 0 Å². The van der Waals surface area contributed by atoms with Gasteiger partial charge in [0.15, 0.2) is 6.29 Å². The molecule has 0 aliphatic carbocycles. The van der Waals surface area contributed by atoms with Gasteiger partial charge in [0.25, 0.3) is 0 Å². The van der Waals surface area contributed by atoms with Gasteiger partial charge in [-0.15, -0.1) is 0 Å². The third-order valence-corrected chi connectivity index (χ3v) is 1.77. The van der Waals surface area contributed by atoms with Crippen LogP contribution in [-0.2, 0) is 6.42 Å². The summed E-state index contributed by atoms with van der Waals surface area (Å²) >= 11 is 0. The maximum absolute atomic E-state index is 10.4. The van der Waals surface area contributed by atoms with Gasteiger partial charge in [0.05, 0.1) is 11.6 Å². The van der Waals surface area contributed by atoms with Crippen molar-refractivity contribution in [2.45, 2.75) is 13.3 Å². The molecular formula is C10H9NO. The van der Waals surface area contributed by atoms with E-state index in [4.69, 9.17) is 5.26 Å². The molecule has 0 aliphatic heterocycles. The summed E-state index contributed by atoms with van der Waals surface area (Å²) in [5.74, 6) is 0. The maximum Gasteiger partial charge on any atom is 0.151 e. The molecule has 0 radical (unpaired) electrons. The highest BCUT2D eigenvalue weighted by atomic mass is 16.1. The molecule has 1 rings (SSSR count). The second-order valence-electron chi connectivity index (χ2n) is 2.50. The topological polar surface area (TPSA) is 40.9 Å². The van der Waals surface area contributed by atoms with E-state index in [9.17, 15) is 4.79 Å². The molecular weight excluding hydrogens is 150 g/mol.